The molecule has 1 fully saturated rings. The summed E-state index contributed by atoms with van der Waals surface area (Å²) in [5.41, 5.74) is 9.10. The molecule has 3 nitrogen and oxygen atoms in total. The Kier molecular flexibility index (Phi) is 2.63. The Morgan fingerprint density at radius 3 is 3.06 bits per heavy atom. The van der Waals surface area contributed by atoms with Gasteiger partial charge in [-0.15, -0.1) is 0 Å². The quantitative estimate of drug-likeness (QED) is 0.818. The van der Waals surface area contributed by atoms with Gasteiger partial charge in [0.15, 0.2) is 11.5 Å². The smallest absolute Gasteiger partial charge is 0.198 e. The minimum Gasteiger partial charge on any atom is -0.440 e. The Bertz CT molecular complexity index is 532. The van der Waals surface area contributed by atoms with Crippen molar-refractivity contribution < 1.29 is 4.42 Å². The number of rotatable bonds is 1. The Morgan fingerprint density at radius 2 is 2.24 bits per heavy atom. The van der Waals surface area contributed by atoms with Gasteiger partial charge >= 0.3 is 0 Å². The predicted molar refractivity (Wildman–Crippen MR) is 67.9 cm³/mol. The zero-order valence-corrected chi connectivity index (χ0v) is 10.1. The minimum atomic E-state index is 0.311. The van der Waals surface area contributed by atoms with Crippen molar-refractivity contribution in [2.24, 2.45) is 5.73 Å². The topological polar surface area (TPSA) is 52.0 Å². The van der Waals surface area contributed by atoms with E-state index in [9.17, 15) is 0 Å². The van der Waals surface area contributed by atoms with Crippen LogP contribution in [0.1, 0.15) is 43.1 Å². The zero-order chi connectivity index (χ0) is 11.8. The third-order valence-electron chi connectivity index (χ3n) is 3.62. The molecule has 2 N–H and O–H groups in total. The van der Waals surface area contributed by atoms with Gasteiger partial charge in [0.05, 0.1) is 0 Å². The van der Waals surface area contributed by atoms with E-state index < -0.39 is 0 Å². The SMILES string of the molecule is Cc1ccc2oc(C3CCCC(N)C3)nc2c1. The molecule has 3 heteroatoms. The van der Waals surface area contributed by atoms with Crippen molar-refractivity contribution in [2.75, 3.05) is 0 Å². The van der Waals surface area contributed by atoms with E-state index in [0.29, 0.717) is 12.0 Å². The molecular formula is C14H18N2O. The number of nitrogens with zero attached hydrogens (tertiary/aromatic N) is 1. The number of oxazole rings is 1. The fourth-order valence-electron chi connectivity index (χ4n) is 2.68. The van der Waals surface area contributed by atoms with E-state index in [1.165, 1.54) is 12.0 Å². The molecule has 17 heavy (non-hydrogen) atoms. The molecule has 2 aromatic rings. The Labute approximate surface area is 101 Å². The number of aryl methyl sites for hydroxylation is 1. The Hall–Kier alpha value is -1.35. The molecule has 0 spiro atoms. The molecule has 1 saturated carbocycles. The number of hydrogen-bond donors (Lipinski definition) is 1. The highest BCUT2D eigenvalue weighted by Crippen LogP contribution is 2.33. The molecule has 1 heterocycles. The van der Waals surface area contributed by atoms with Crippen LogP contribution in [0.5, 0.6) is 0 Å². The molecule has 0 amide bonds. The van der Waals surface area contributed by atoms with Crippen molar-refractivity contribution in [3.63, 3.8) is 0 Å². The summed E-state index contributed by atoms with van der Waals surface area (Å²) in [4.78, 5) is 4.61. The van der Waals surface area contributed by atoms with Crippen LogP contribution in [0, 0.1) is 6.92 Å². The normalized spacial score (nSPS) is 25.3. The monoisotopic (exact) mass is 230 g/mol. The molecule has 3 rings (SSSR count). The molecule has 1 aromatic carbocycles. The third kappa shape index (κ3) is 2.07. The highest BCUT2D eigenvalue weighted by Gasteiger charge is 2.24. The van der Waals surface area contributed by atoms with Crippen LogP contribution in [0.4, 0.5) is 0 Å². The van der Waals surface area contributed by atoms with Gasteiger partial charge in [-0.2, -0.15) is 0 Å². The van der Waals surface area contributed by atoms with Gasteiger partial charge in [0.1, 0.15) is 5.52 Å². The van der Waals surface area contributed by atoms with Crippen LogP contribution in [0.2, 0.25) is 0 Å². The largest absolute Gasteiger partial charge is 0.440 e. The number of fused-ring (bicyclic) bond motifs is 1. The molecule has 2 unspecified atom stereocenters. The summed E-state index contributed by atoms with van der Waals surface area (Å²) in [6.07, 6.45) is 4.48. The molecule has 1 aromatic heterocycles. The van der Waals surface area contributed by atoms with Crippen molar-refractivity contribution in [1.82, 2.24) is 4.98 Å². The fraction of sp³-hybridized carbons (Fsp3) is 0.500. The lowest BCUT2D eigenvalue weighted by Gasteiger charge is -2.23. The van der Waals surface area contributed by atoms with Crippen LogP contribution in [0.15, 0.2) is 22.6 Å². The Morgan fingerprint density at radius 1 is 1.35 bits per heavy atom. The first kappa shape index (κ1) is 10.8. The lowest BCUT2D eigenvalue weighted by atomic mass is 9.86. The second kappa shape index (κ2) is 4.15. The molecular weight excluding hydrogens is 212 g/mol. The van der Waals surface area contributed by atoms with E-state index in [0.717, 1.165) is 36.3 Å². The van der Waals surface area contributed by atoms with Gasteiger partial charge < -0.3 is 10.2 Å². The summed E-state index contributed by atoms with van der Waals surface area (Å²) >= 11 is 0. The number of hydrogen-bond acceptors (Lipinski definition) is 3. The molecule has 0 saturated heterocycles. The molecule has 1 aliphatic rings. The molecule has 0 bridgehead atoms. The summed E-state index contributed by atoms with van der Waals surface area (Å²) in [5.74, 6) is 1.28. The maximum atomic E-state index is 6.01. The predicted octanol–water partition coefficient (Wildman–Crippen LogP) is 3.12. The second-order valence-corrected chi connectivity index (χ2v) is 5.15. The van der Waals surface area contributed by atoms with E-state index in [4.69, 9.17) is 10.2 Å². The zero-order valence-electron chi connectivity index (χ0n) is 10.1. The molecule has 2 atom stereocenters. The van der Waals surface area contributed by atoms with E-state index in [1.54, 1.807) is 0 Å². The molecule has 90 valence electrons. The summed E-state index contributed by atoms with van der Waals surface area (Å²) in [6, 6.07) is 6.45. The van der Waals surface area contributed by atoms with Crippen molar-refractivity contribution in [1.29, 1.82) is 0 Å². The lowest BCUT2D eigenvalue weighted by molar-refractivity contribution is 0.343. The first-order valence-corrected chi connectivity index (χ1v) is 6.35. The fourth-order valence-corrected chi connectivity index (χ4v) is 2.68. The van der Waals surface area contributed by atoms with Crippen molar-refractivity contribution in [2.45, 2.75) is 44.6 Å². The number of nitrogens with two attached hydrogens (primary N) is 1. The van der Waals surface area contributed by atoms with Gasteiger partial charge in [0.2, 0.25) is 0 Å². The van der Waals surface area contributed by atoms with Crippen LogP contribution in [0.3, 0.4) is 0 Å². The number of benzene rings is 1. The van der Waals surface area contributed by atoms with Crippen LogP contribution < -0.4 is 5.73 Å². The molecule has 1 aliphatic carbocycles. The van der Waals surface area contributed by atoms with Gasteiger partial charge in [0.25, 0.3) is 0 Å². The van der Waals surface area contributed by atoms with Crippen LogP contribution in [-0.2, 0) is 0 Å². The summed E-state index contributed by atoms with van der Waals surface area (Å²) < 4.78 is 5.84. The highest BCUT2D eigenvalue weighted by molar-refractivity contribution is 5.73. The van der Waals surface area contributed by atoms with Gasteiger partial charge in [-0.3, -0.25) is 0 Å². The van der Waals surface area contributed by atoms with E-state index >= 15 is 0 Å². The average molecular weight is 230 g/mol. The number of aromatic nitrogens is 1. The van der Waals surface area contributed by atoms with E-state index in [1.807, 2.05) is 6.07 Å². The molecule has 0 aliphatic heterocycles. The van der Waals surface area contributed by atoms with Crippen LogP contribution in [0.25, 0.3) is 11.1 Å². The van der Waals surface area contributed by atoms with Gasteiger partial charge in [-0.1, -0.05) is 12.5 Å². The van der Waals surface area contributed by atoms with E-state index in [2.05, 4.69) is 24.0 Å². The highest BCUT2D eigenvalue weighted by atomic mass is 16.3. The third-order valence-corrected chi connectivity index (χ3v) is 3.62. The summed E-state index contributed by atoms with van der Waals surface area (Å²) in [7, 11) is 0. The van der Waals surface area contributed by atoms with Crippen molar-refractivity contribution in [3.05, 3.63) is 29.7 Å². The maximum absolute atomic E-state index is 6.01. The Balaban J connectivity index is 1.94. The van der Waals surface area contributed by atoms with Crippen molar-refractivity contribution >= 4 is 11.1 Å². The first-order valence-electron chi connectivity index (χ1n) is 6.35. The lowest BCUT2D eigenvalue weighted by Crippen LogP contribution is -2.26. The standard InChI is InChI=1S/C14H18N2O/c1-9-5-6-13-12(7-9)16-14(17-13)10-3-2-4-11(15)8-10/h5-7,10-11H,2-4,8,15H2,1H3. The summed E-state index contributed by atoms with van der Waals surface area (Å²) in [6.45, 7) is 2.07. The maximum Gasteiger partial charge on any atom is 0.198 e. The van der Waals surface area contributed by atoms with Gasteiger partial charge in [-0.25, -0.2) is 4.98 Å². The van der Waals surface area contributed by atoms with Crippen LogP contribution >= 0.6 is 0 Å². The molecule has 0 radical (unpaired) electrons. The van der Waals surface area contributed by atoms with Gasteiger partial charge in [-0.05, 0) is 43.9 Å². The minimum absolute atomic E-state index is 0.311. The van der Waals surface area contributed by atoms with Crippen molar-refractivity contribution in [3.8, 4) is 0 Å². The van der Waals surface area contributed by atoms with E-state index in [-0.39, 0.29) is 0 Å². The summed E-state index contributed by atoms with van der Waals surface area (Å²) in [5, 5.41) is 0. The average Bonchev–Trinajstić information content (AvgIpc) is 2.72. The van der Waals surface area contributed by atoms with Crippen LogP contribution in [-0.4, -0.2) is 11.0 Å². The second-order valence-electron chi connectivity index (χ2n) is 5.15. The van der Waals surface area contributed by atoms with Gasteiger partial charge in [0, 0.05) is 12.0 Å². The first-order chi connectivity index (χ1) is 8.22.